The Bertz CT molecular complexity index is 384. The van der Waals surface area contributed by atoms with Crippen LogP contribution in [0.15, 0.2) is 12.2 Å². The first-order valence-electron chi connectivity index (χ1n) is 9.03. The van der Waals surface area contributed by atoms with Gasteiger partial charge in [0, 0.05) is 12.8 Å². The molecule has 1 rings (SSSR count). The highest BCUT2D eigenvalue weighted by atomic mass is 16.5. The fourth-order valence-corrected chi connectivity index (χ4v) is 2.86. The molecule has 0 amide bonds. The van der Waals surface area contributed by atoms with Gasteiger partial charge in [-0.3, -0.25) is 4.79 Å². The van der Waals surface area contributed by atoms with Crippen LogP contribution in [0.3, 0.4) is 0 Å². The second kappa shape index (κ2) is 11.6. The van der Waals surface area contributed by atoms with E-state index < -0.39 is 30.4 Å². The molecule has 1 fully saturated rings. The lowest BCUT2D eigenvalue weighted by atomic mass is 10.0. The second-order valence-corrected chi connectivity index (χ2v) is 6.57. The molecule has 0 radical (unpaired) electrons. The molecule has 5 atom stereocenters. The molecule has 1 saturated heterocycles. The van der Waals surface area contributed by atoms with Gasteiger partial charge in [-0.25, -0.2) is 0 Å². The third-order valence-electron chi connectivity index (χ3n) is 4.45. The van der Waals surface area contributed by atoms with E-state index in [4.69, 9.17) is 9.84 Å². The van der Waals surface area contributed by atoms with Crippen molar-refractivity contribution in [2.24, 2.45) is 0 Å². The van der Waals surface area contributed by atoms with Gasteiger partial charge < -0.3 is 25.2 Å². The Balaban J connectivity index is 2.18. The van der Waals surface area contributed by atoms with E-state index in [-0.39, 0.29) is 12.5 Å². The van der Waals surface area contributed by atoms with Gasteiger partial charge in [0.05, 0.1) is 24.4 Å². The smallest absolute Gasteiger partial charge is 0.303 e. The fraction of sp³-hybridized carbons (Fsp3) is 0.833. The third-order valence-corrected chi connectivity index (χ3v) is 4.45. The Hall–Kier alpha value is -0.950. The average Bonchev–Trinajstić information content (AvgIpc) is 2.92. The van der Waals surface area contributed by atoms with Crippen LogP contribution in [0, 0.1) is 0 Å². The molecule has 0 aliphatic carbocycles. The number of aliphatic carboxylic acids is 1. The van der Waals surface area contributed by atoms with Crippen molar-refractivity contribution in [1.29, 1.82) is 0 Å². The lowest BCUT2D eigenvalue weighted by Gasteiger charge is -2.18. The summed E-state index contributed by atoms with van der Waals surface area (Å²) in [5.74, 6) is -0.752. The van der Waals surface area contributed by atoms with Gasteiger partial charge in [0.15, 0.2) is 0 Å². The minimum absolute atomic E-state index is 0.220. The third kappa shape index (κ3) is 8.24. The summed E-state index contributed by atoms with van der Waals surface area (Å²) in [6.45, 7) is 1.87. The normalized spacial score (nSPS) is 26.8. The summed E-state index contributed by atoms with van der Waals surface area (Å²) in [6.07, 6.45) is 6.89. The van der Waals surface area contributed by atoms with Crippen molar-refractivity contribution < 1.29 is 30.0 Å². The Morgan fingerprint density at radius 2 is 1.88 bits per heavy atom. The molecule has 1 aliphatic heterocycles. The van der Waals surface area contributed by atoms with Crippen molar-refractivity contribution >= 4 is 5.97 Å². The summed E-state index contributed by atoms with van der Waals surface area (Å²) in [5, 5.41) is 38.2. The number of aliphatic hydroxyl groups is 3. The minimum atomic E-state index is -0.752. The van der Waals surface area contributed by atoms with Crippen LogP contribution in [0.25, 0.3) is 0 Å². The maximum absolute atomic E-state index is 10.4. The highest BCUT2D eigenvalue weighted by Crippen LogP contribution is 2.26. The summed E-state index contributed by atoms with van der Waals surface area (Å²) in [6, 6.07) is 0. The molecule has 0 bridgehead atoms. The monoisotopic (exact) mass is 344 g/mol. The Morgan fingerprint density at radius 3 is 2.54 bits per heavy atom. The van der Waals surface area contributed by atoms with Crippen molar-refractivity contribution in [3.05, 3.63) is 12.2 Å². The van der Waals surface area contributed by atoms with E-state index in [9.17, 15) is 20.1 Å². The largest absolute Gasteiger partial charge is 0.481 e. The van der Waals surface area contributed by atoms with Crippen molar-refractivity contribution in [2.75, 3.05) is 0 Å². The first-order chi connectivity index (χ1) is 11.4. The number of aliphatic hydroxyl groups excluding tert-OH is 3. The standard InChI is InChI=1S/C18H32O6/c1-2-13(19)10-11-16-15(21)12-17(24-16)14(20)8-6-4-3-5-7-9-18(22)23/h10-11,13-17,19-21H,2-9,12H2,1H3,(H,22,23)/b11-10+/t13-,14+,15-,16+,17+/m0/s1. The van der Waals surface area contributed by atoms with Crippen LogP contribution >= 0.6 is 0 Å². The van der Waals surface area contributed by atoms with E-state index in [0.29, 0.717) is 25.7 Å². The minimum Gasteiger partial charge on any atom is -0.481 e. The number of carboxylic acids is 1. The van der Waals surface area contributed by atoms with Gasteiger partial charge in [0.2, 0.25) is 0 Å². The van der Waals surface area contributed by atoms with Crippen LogP contribution < -0.4 is 0 Å². The van der Waals surface area contributed by atoms with E-state index >= 15 is 0 Å². The number of rotatable bonds is 12. The summed E-state index contributed by atoms with van der Waals surface area (Å²) in [5.41, 5.74) is 0. The molecule has 0 aromatic carbocycles. The highest BCUT2D eigenvalue weighted by molar-refractivity contribution is 5.66. The molecule has 0 saturated carbocycles. The van der Waals surface area contributed by atoms with Gasteiger partial charge >= 0.3 is 5.97 Å². The molecule has 1 heterocycles. The summed E-state index contributed by atoms with van der Waals surface area (Å²) in [7, 11) is 0. The van der Waals surface area contributed by atoms with E-state index in [0.717, 1.165) is 25.7 Å². The highest BCUT2D eigenvalue weighted by Gasteiger charge is 2.36. The zero-order chi connectivity index (χ0) is 17.9. The van der Waals surface area contributed by atoms with Crippen molar-refractivity contribution in [2.45, 2.75) is 95.2 Å². The van der Waals surface area contributed by atoms with E-state index in [2.05, 4.69) is 0 Å². The molecule has 6 nitrogen and oxygen atoms in total. The maximum Gasteiger partial charge on any atom is 0.303 e. The van der Waals surface area contributed by atoms with Gasteiger partial charge in [-0.1, -0.05) is 44.8 Å². The lowest BCUT2D eigenvalue weighted by Crippen LogP contribution is -2.26. The van der Waals surface area contributed by atoms with E-state index in [1.54, 1.807) is 12.2 Å². The first-order valence-corrected chi connectivity index (χ1v) is 9.03. The number of carboxylic acid groups (broad SMARTS) is 1. The molecule has 1 aliphatic rings. The zero-order valence-corrected chi connectivity index (χ0v) is 14.5. The average molecular weight is 344 g/mol. The number of hydrogen-bond donors (Lipinski definition) is 4. The Morgan fingerprint density at radius 1 is 1.21 bits per heavy atom. The molecule has 0 spiro atoms. The maximum atomic E-state index is 10.4. The molecule has 0 unspecified atom stereocenters. The Kier molecular flexibility index (Phi) is 10.2. The van der Waals surface area contributed by atoms with Crippen molar-refractivity contribution in [1.82, 2.24) is 0 Å². The number of unbranched alkanes of at least 4 members (excludes halogenated alkanes) is 4. The molecule has 0 aromatic heterocycles. The molecule has 6 heteroatoms. The zero-order valence-electron chi connectivity index (χ0n) is 14.5. The number of hydrogen-bond acceptors (Lipinski definition) is 5. The van der Waals surface area contributed by atoms with Gasteiger partial charge in [-0.2, -0.15) is 0 Å². The van der Waals surface area contributed by atoms with Crippen LogP contribution in [-0.4, -0.2) is 56.9 Å². The topological polar surface area (TPSA) is 107 Å². The van der Waals surface area contributed by atoms with Crippen molar-refractivity contribution in [3.8, 4) is 0 Å². The summed E-state index contributed by atoms with van der Waals surface area (Å²) < 4.78 is 5.69. The van der Waals surface area contributed by atoms with Gasteiger partial charge in [0.25, 0.3) is 0 Å². The molecular weight excluding hydrogens is 312 g/mol. The molecule has 24 heavy (non-hydrogen) atoms. The number of ether oxygens (including phenoxy) is 1. The SMILES string of the molecule is CC[C@H](O)/C=C/[C@H]1O[C@@H]([C@H](O)CCCCCCCC(=O)O)C[C@@H]1O. The Labute approximate surface area is 144 Å². The molecular formula is C18H32O6. The fourth-order valence-electron chi connectivity index (χ4n) is 2.86. The molecule has 4 N–H and O–H groups in total. The van der Waals surface area contributed by atoms with E-state index in [1.165, 1.54) is 0 Å². The number of carbonyl (C=O) groups is 1. The van der Waals surface area contributed by atoms with E-state index in [1.807, 2.05) is 6.92 Å². The van der Waals surface area contributed by atoms with Gasteiger partial charge in [0.1, 0.15) is 6.10 Å². The van der Waals surface area contributed by atoms with Crippen LogP contribution in [0.4, 0.5) is 0 Å². The summed E-state index contributed by atoms with van der Waals surface area (Å²) in [4.78, 5) is 10.4. The molecule has 0 aromatic rings. The predicted octanol–water partition coefficient (Wildman–Crippen LogP) is 2.01. The van der Waals surface area contributed by atoms with Crippen LogP contribution in [0.5, 0.6) is 0 Å². The van der Waals surface area contributed by atoms with Crippen LogP contribution in [0.1, 0.15) is 64.7 Å². The van der Waals surface area contributed by atoms with Crippen LogP contribution in [-0.2, 0) is 9.53 Å². The van der Waals surface area contributed by atoms with Gasteiger partial charge in [-0.05, 0) is 19.3 Å². The predicted molar refractivity (Wildman–Crippen MR) is 90.7 cm³/mol. The second-order valence-electron chi connectivity index (χ2n) is 6.57. The van der Waals surface area contributed by atoms with Crippen LogP contribution in [0.2, 0.25) is 0 Å². The first kappa shape index (κ1) is 21.1. The summed E-state index contributed by atoms with van der Waals surface area (Å²) >= 11 is 0. The van der Waals surface area contributed by atoms with Gasteiger partial charge in [-0.15, -0.1) is 0 Å². The quantitative estimate of drug-likeness (QED) is 0.319. The molecule has 140 valence electrons. The van der Waals surface area contributed by atoms with Crippen molar-refractivity contribution in [3.63, 3.8) is 0 Å². The lowest BCUT2D eigenvalue weighted by molar-refractivity contribution is -0.137.